The third-order valence-electron chi connectivity index (χ3n) is 2.62. The molecular weight excluding hydrogens is 249 g/mol. The molecule has 0 aliphatic heterocycles. The van der Waals surface area contributed by atoms with Crippen molar-refractivity contribution in [2.45, 2.75) is 13.0 Å². The van der Waals surface area contributed by atoms with Crippen LogP contribution in [-0.2, 0) is 0 Å². The van der Waals surface area contributed by atoms with E-state index < -0.39 is 5.97 Å². The van der Waals surface area contributed by atoms with Crippen molar-refractivity contribution < 1.29 is 14.3 Å². The minimum Gasteiger partial charge on any atom is -0.476 e. The summed E-state index contributed by atoms with van der Waals surface area (Å²) in [6.07, 6.45) is 0. The van der Waals surface area contributed by atoms with Gasteiger partial charge in [-0.05, 0) is 36.8 Å². The predicted octanol–water partition coefficient (Wildman–Crippen LogP) is 2.49. The van der Waals surface area contributed by atoms with E-state index in [0.29, 0.717) is 5.82 Å². The molecule has 1 aromatic heterocycles. The van der Waals surface area contributed by atoms with Crippen molar-refractivity contribution >= 4 is 11.8 Å². The van der Waals surface area contributed by atoms with Gasteiger partial charge in [-0.3, -0.25) is 0 Å². The molecule has 98 valence electrons. The van der Waals surface area contributed by atoms with Crippen LogP contribution in [0.4, 0.5) is 10.2 Å². The van der Waals surface area contributed by atoms with Crippen molar-refractivity contribution in [3.8, 4) is 0 Å². The molecule has 0 aliphatic rings. The van der Waals surface area contributed by atoms with E-state index in [1.54, 1.807) is 12.1 Å². The maximum atomic E-state index is 12.8. The SMILES string of the molecule is CC(Nc1ccc(C(=O)O)nn1)c1ccc(F)cc1. The van der Waals surface area contributed by atoms with Crippen LogP contribution in [-0.4, -0.2) is 21.3 Å². The summed E-state index contributed by atoms with van der Waals surface area (Å²) >= 11 is 0. The number of hydrogen-bond acceptors (Lipinski definition) is 4. The normalized spacial score (nSPS) is 11.9. The standard InChI is InChI=1S/C13H12FN3O2/c1-8(9-2-4-10(14)5-3-9)15-12-7-6-11(13(18)19)16-17-12/h2-8H,1H3,(H,15,17)(H,18,19). The number of benzene rings is 1. The second kappa shape index (κ2) is 5.43. The second-order valence-electron chi connectivity index (χ2n) is 4.03. The van der Waals surface area contributed by atoms with Crippen molar-refractivity contribution in [2.24, 2.45) is 0 Å². The molecule has 1 aromatic carbocycles. The fraction of sp³-hybridized carbons (Fsp3) is 0.154. The molecule has 6 heteroatoms. The molecule has 2 aromatic rings. The Bertz CT molecular complexity index is 569. The van der Waals surface area contributed by atoms with Crippen LogP contribution in [0.2, 0.25) is 0 Å². The van der Waals surface area contributed by atoms with E-state index in [9.17, 15) is 9.18 Å². The van der Waals surface area contributed by atoms with Gasteiger partial charge in [0.15, 0.2) is 5.69 Å². The fourth-order valence-electron chi connectivity index (χ4n) is 1.58. The molecule has 0 saturated heterocycles. The molecule has 0 spiro atoms. The quantitative estimate of drug-likeness (QED) is 0.884. The van der Waals surface area contributed by atoms with Gasteiger partial charge in [-0.15, -0.1) is 10.2 Å². The van der Waals surface area contributed by atoms with Crippen molar-refractivity contribution in [1.29, 1.82) is 0 Å². The highest BCUT2D eigenvalue weighted by atomic mass is 19.1. The van der Waals surface area contributed by atoms with Gasteiger partial charge < -0.3 is 10.4 Å². The third kappa shape index (κ3) is 3.25. The number of aromatic nitrogens is 2. The topological polar surface area (TPSA) is 75.1 Å². The zero-order valence-corrected chi connectivity index (χ0v) is 10.2. The van der Waals surface area contributed by atoms with E-state index in [1.807, 2.05) is 6.92 Å². The number of aromatic carboxylic acids is 1. The summed E-state index contributed by atoms with van der Waals surface area (Å²) in [6.45, 7) is 1.89. The van der Waals surface area contributed by atoms with Crippen LogP contribution in [0.15, 0.2) is 36.4 Å². The Morgan fingerprint density at radius 1 is 1.21 bits per heavy atom. The van der Waals surface area contributed by atoms with Gasteiger partial charge in [0.05, 0.1) is 6.04 Å². The number of rotatable bonds is 4. The number of carboxylic acids is 1. The number of anilines is 1. The van der Waals surface area contributed by atoms with Crippen LogP contribution in [0.3, 0.4) is 0 Å². The first-order valence-electron chi connectivity index (χ1n) is 5.65. The summed E-state index contributed by atoms with van der Waals surface area (Å²) in [5.41, 5.74) is 0.783. The van der Waals surface area contributed by atoms with E-state index >= 15 is 0 Å². The van der Waals surface area contributed by atoms with Gasteiger partial charge in [-0.1, -0.05) is 12.1 Å². The molecule has 0 fully saturated rings. The largest absolute Gasteiger partial charge is 0.476 e. The molecule has 2 rings (SSSR count). The van der Waals surface area contributed by atoms with Crippen LogP contribution in [0.5, 0.6) is 0 Å². The summed E-state index contributed by atoms with van der Waals surface area (Å²) in [5.74, 6) is -0.950. The van der Waals surface area contributed by atoms with Crippen molar-refractivity contribution in [3.05, 3.63) is 53.5 Å². The fourth-order valence-corrected chi connectivity index (χ4v) is 1.58. The maximum absolute atomic E-state index is 12.8. The highest BCUT2D eigenvalue weighted by Gasteiger charge is 2.08. The number of carbonyl (C=O) groups is 1. The van der Waals surface area contributed by atoms with Crippen LogP contribution >= 0.6 is 0 Å². The Balaban J connectivity index is 2.08. The Hall–Kier alpha value is -2.50. The Labute approximate surface area is 109 Å². The lowest BCUT2D eigenvalue weighted by Crippen LogP contribution is -2.10. The molecule has 1 heterocycles. The average Bonchev–Trinajstić information content (AvgIpc) is 2.40. The Kier molecular flexibility index (Phi) is 3.70. The van der Waals surface area contributed by atoms with Crippen LogP contribution < -0.4 is 5.32 Å². The van der Waals surface area contributed by atoms with Gasteiger partial charge in [0.25, 0.3) is 0 Å². The minimum absolute atomic E-state index is 0.0921. The first-order valence-corrected chi connectivity index (χ1v) is 5.65. The third-order valence-corrected chi connectivity index (χ3v) is 2.62. The number of halogens is 1. The van der Waals surface area contributed by atoms with Gasteiger partial charge in [-0.2, -0.15) is 0 Å². The summed E-state index contributed by atoms with van der Waals surface area (Å²) in [4.78, 5) is 10.6. The summed E-state index contributed by atoms with van der Waals surface area (Å²) in [5, 5.41) is 19.1. The predicted molar refractivity (Wildman–Crippen MR) is 67.4 cm³/mol. The Morgan fingerprint density at radius 3 is 2.42 bits per heavy atom. The lowest BCUT2D eigenvalue weighted by molar-refractivity contribution is 0.0689. The molecule has 2 N–H and O–H groups in total. The molecule has 0 amide bonds. The van der Waals surface area contributed by atoms with Crippen LogP contribution in [0, 0.1) is 5.82 Å². The van der Waals surface area contributed by atoms with Crippen molar-refractivity contribution in [2.75, 3.05) is 5.32 Å². The van der Waals surface area contributed by atoms with E-state index in [4.69, 9.17) is 5.11 Å². The second-order valence-corrected chi connectivity index (χ2v) is 4.03. The summed E-state index contributed by atoms with van der Waals surface area (Å²) in [6, 6.07) is 8.92. The Morgan fingerprint density at radius 2 is 1.89 bits per heavy atom. The lowest BCUT2D eigenvalue weighted by atomic mass is 10.1. The molecule has 19 heavy (non-hydrogen) atoms. The van der Waals surface area contributed by atoms with Crippen molar-refractivity contribution in [3.63, 3.8) is 0 Å². The zero-order chi connectivity index (χ0) is 13.8. The van der Waals surface area contributed by atoms with Gasteiger partial charge in [0, 0.05) is 0 Å². The van der Waals surface area contributed by atoms with Gasteiger partial charge in [0.2, 0.25) is 0 Å². The number of carboxylic acid groups (broad SMARTS) is 1. The molecular formula is C13H12FN3O2. The zero-order valence-electron chi connectivity index (χ0n) is 10.2. The maximum Gasteiger partial charge on any atom is 0.356 e. The first kappa shape index (κ1) is 12.9. The molecule has 0 saturated carbocycles. The number of hydrogen-bond donors (Lipinski definition) is 2. The molecule has 0 aliphatic carbocycles. The molecule has 5 nitrogen and oxygen atoms in total. The van der Waals surface area contributed by atoms with Gasteiger partial charge >= 0.3 is 5.97 Å². The highest BCUT2D eigenvalue weighted by molar-refractivity contribution is 5.85. The molecule has 0 bridgehead atoms. The van der Waals surface area contributed by atoms with E-state index in [0.717, 1.165) is 5.56 Å². The minimum atomic E-state index is -1.12. The summed E-state index contributed by atoms with van der Waals surface area (Å²) < 4.78 is 12.8. The number of nitrogens with zero attached hydrogens (tertiary/aromatic N) is 2. The monoisotopic (exact) mass is 261 g/mol. The van der Waals surface area contributed by atoms with Gasteiger partial charge in [0.1, 0.15) is 11.6 Å². The average molecular weight is 261 g/mol. The first-order chi connectivity index (χ1) is 9.06. The van der Waals surface area contributed by atoms with E-state index in [2.05, 4.69) is 15.5 Å². The molecule has 0 radical (unpaired) electrons. The smallest absolute Gasteiger partial charge is 0.356 e. The lowest BCUT2D eigenvalue weighted by Gasteiger charge is -2.14. The molecule has 1 unspecified atom stereocenters. The van der Waals surface area contributed by atoms with Gasteiger partial charge in [-0.25, -0.2) is 9.18 Å². The molecule has 1 atom stereocenters. The summed E-state index contributed by atoms with van der Waals surface area (Å²) in [7, 11) is 0. The van der Waals surface area contributed by atoms with E-state index in [-0.39, 0.29) is 17.6 Å². The van der Waals surface area contributed by atoms with Crippen LogP contribution in [0.25, 0.3) is 0 Å². The highest BCUT2D eigenvalue weighted by Crippen LogP contribution is 2.17. The van der Waals surface area contributed by atoms with E-state index in [1.165, 1.54) is 24.3 Å². The van der Waals surface area contributed by atoms with Crippen LogP contribution in [0.1, 0.15) is 29.0 Å². The number of nitrogens with one attached hydrogen (secondary N) is 1. The van der Waals surface area contributed by atoms with Crippen molar-refractivity contribution in [1.82, 2.24) is 10.2 Å².